The molecule has 104 valence electrons. The molecule has 0 aliphatic carbocycles. The van der Waals surface area contributed by atoms with Gasteiger partial charge in [-0.15, -0.1) is 0 Å². The molecule has 1 aromatic heterocycles. The topological polar surface area (TPSA) is 51.6 Å². The molecule has 4 nitrogen and oxygen atoms in total. The van der Waals surface area contributed by atoms with Gasteiger partial charge in [0.2, 0.25) is 6.79 Å². The lowest BCUT2D eigenvalue weighted by Crippen LogP contribution is -1.96. The molecule has 2 aromatic carbocycles. The number of ether oxygens (including phenoxy) is 2. The third-order valence-corrected chi connectivity index (χ3v) is 3.71. The van der Waals surface area contributed by atoms with Crippen molar-refractivity contribution in [1.82, 2.24) is 4.98 Å². The van der Waals surface area contributed by atoms with Crippen LogP contribution in [-0.2, 0) is 6.61 Å². The molecule has 21 heavy (non-hydrogen) atoms. The van der Waals surface area contributed by atoms with Crippen LogP contribution >= 0.6 is 0 Å². The molecule has 2 heterocycles. The third-order valence-electron chi connectivity index (χ3n) is 3.71. The number of aliphatic hydroxyl groups is 1. The fraction of sp³-hybridized carbons (Fsp3) is 0.118. The van der Waals surface area contributed by atoms with E-state index in [4.69, 9.17) is 9.47 Å². The minimum atomic E-state index is -0.115. The van der Waals surface area contributed by atoms with Crippen molar-refractivity contribution >= 4 is 10.8 Å². The average Bonchev–Trinajstić information content (AvgIpc) is 3.02. The molecule has 0 amide bonds. The highest BCUT2D eigenvalue weighted by molar-refractivity contribution is 5.86. The van der Waals surface area contributed by atoms with Crippen LogP contribution in [-0.4, -0.2) is 16.9 Å². The summed E-state index contributed by atoms with van der Waals surface area (Å²) in [6, 6.07) is 13.9. The number of benzene rings is 2. The first-order chi connectivity index (χ1) is 10.4. The van der Waals surface area contributed by atoms with Crippen LogP contribution in [0.25, 0.3) is 22.0 Å². The number of rotatable bonds is 2. The van der Waals surface area contributed by atoms with Gasteiger partial charge in [-0.05, 0) is 23.6 Å². The fourth-order valence-electron chi connectivity index (χ4n) is 2.66. The normalized spacial score (nSPS) is 12.8. The van der Waals surface area contributed by atoms with Gasteiger partial charge in [-0.2, -0.15) is 0 Å². The van der Waals surface area contributed by atoms with Gasteiger partial charge in [0, 0.05) is 22.7 Å². The smallest absolute Gasteiger partial charge is 0.231 e. The Hall–Kier alpha value is -2.59. The summed E-state index contributed by atoms with van der Waals surface area (Å²) in [4.78, 5) is 4.50. The van der Waals surface area contributed by atoms with Crippen molar-refractivity contribution in [3.8, 4) is 22.8 Å². The highest BCUT2D eigenvalue weighted by atomic mass is 16.7. The monoisotopic (exact) mass is 279 g/mol. The van der Waals surface area contributed by atoms with Crippen molar-refractivity contribution in [2.24, 2.45) is 0 Å². The Balaban J connectivity index is 1.92. The summed E-state index contributed by atoms with van der Waals surface area (Å²) in [6.07, 6.45) is 1.84. The number of hydrogen-bond acceptors (Lipinski definition) is 4. The summed E-state index contributed by atoms with van der Waals surface area (Å²) in [5.74, 6) is 1.29. The summed E-state index contributed by atoms with van der Waals surface area (Å²) in [5, 5.41) is 11.9. The maximum absolute atomic E-state index is 9.69. The number of pyridine rings is 1. The van der Waals surface area contributed by atoms with Gasteiger partial charge in [-0.1, -0.05) is 24.3 Å². The second-order valence-corrected chi connectivity index (χ2v) is 4.90. The van der Waals surface area contributed by atoms with E-state index in [0.717, 1.165) is 22.0 Å². The van der Waals surface area contributed by atoms with Crippen LogP contribution in [0.4, 0.5) is 0 Å². The summed E-state index contributed by atoms with van der Waals surface area (Å²) in [5.41, 5.74) is 2.40. The Bertz CT molecular complexity index is 829. The molecule has 0 fully saturated rings. The minimum Gasteiger partial charge on any atom is -0.454 e. The second kappa shape index (κ2) is 4.75. The van der Waals surface area contributed by atoms with Crippen LogP contribution in [0.2, 0.25) is 0 Å². The van der Waals surface area contributed by atoms with Crippen molar-refractivity contribution in [2.75, 3.05) is 6.79 Å². The summed E-state index contributed by atoms with van der Waals surface area (Å²) in [6.45, 7) is 0.0767. The van der Waals surface area contributed by atoms with E-state index in [1.165, 1.54) is 0 Å². The van der Waals surface area contributed by atoms with Crippen LogP contribution < -0.4 is 9.47 Å². The van der Waals surface area contributed by atoms with Crippen molar-refractivity contribution in [2.45, 2.75) is 6.61 Å². The van der Waals surface area contributed by atoms with Gasteiger partial charge in [0.1, 0.15) is 0 Å². The van der Waals surface area contributed by atoms with Crippen LogP contribution in [0.3, 0.4) is 0 Å². The number of hydrogen-bond donors (Lipinski definition) is 1. The molecule has 0 saturated carbocycles. The highest BCUT2D eigenvalue weighted by Gasteiger charge is 2.21. The van der Waals surface area contributed by atoms with E-state index in [1.807, 2.05) is 48.7 Å². The molecule has 0 spiro atoms. The highest BCUT2D eigenvalue weighted by Crippen LogP contribution is 2.41. The first kappa shape index (κ1) is 12.2. The quantitative estimate of drug-likeness (QED) is 0.783. The number of aromatic nitrogens is 1. The summed E-state index contributed by atoms with van der Waals surface area (Å²) >= 11 is 0. The standard InChI is InChI=1S/C17H13NO3/c19-9-14-13(5-6-16-17(14)21-10-20-16)15-7-11-3-1-2-4-12(11)8-18-15/h1-8,19H,9-10H2. The average molecular weight is 279 g/mol. The Morgan fingerprint density at radius 2 is 1.90 bits per heavy atom. The largest absolute Gasteiger partial charge is 0.454 e. The molecule has 1 aliphatic rings. The molecule has 3 aromatic rings. The Morgan fingerprint density at radius 1 is 1.05 bits per heavy atom. The SMILES string of the molecule is OCc1c(-c2cc3ccccc3cn2)ccc2c1OCO2. The molecular formula is C17H13NO3. The minimum absolute atomic E-state index is 0.115. The Morgan fingerprint density at radius 3 is 2.76 bits per heavy atom. The van der Waals surface area contributed by atoms with Gasteiger partial charge < -0.3 is 14.6 Å². The lowest BCUT2D eigenvalue weighted by Gasteiger charge is -2.10. The van der Waals surface area contributed by atoms with Gasteiger partial charge in [-0.3, -0.25) is 4.98 Å². The number of nitrogens with zero attached hydrogens (tertiary/aromatic N) is 1. The van der Waals surface area contributed by atoms with Gasteiger partial charge in [0.05, 0.1) is 12.3 Å². The van der Waals surface area contributed by atoms with Gasteiger partial charge in [0.25, 0.3) is 0 Å². The van der Waals surface area contributed by atoms with Crippen LogP contribution in [0.15, 0.2) is 48.7 Å². The lowest BCUT2D eigenvalue weighted by atomic mass is 10.0. The number of fused-ring (bicyclic) bond motifs is 2. The Kier molecular flexibility index (Phi) is 2.75. The maximum Gasteiger partial charge on any atom is 0.231 e. The summed E-state index contributed by atoms with van der Waals surface area (Å²) in [7, 11) is 0. The molecule has 1 aliphatic heterocycles. The predicted octanol–water partition coefficient (Wildman–Crippen LogP) is 3.12. The van der Waals surface area contributed by atoms with Gasteiger partial charge in [0.15, 0.2) is 11.5 Å². The molecular weight excluding hydrogens is 266 g/mol. The van der Waals surface area contributed by atoms with E-state index in [9.17, 15) is 5.11 Å². The number of aliphatic hydroxyl groups excluding tert-OH is 1. The van der Waals surface area contributed by atoms with Crippen LogP contribution in [0.5, 0.6) is 11.5 Å². The van der Waals surface area contributed by atoms with Gasteiger partial charge in [-0.25, -0.2) is 0 Å². The van der Waals surface area contributed by atoms with E-state index in [1.54, 1.807) is 0 Å². The van der Waals surface area contributed by atoms with Crippen molar-refractivity contribution in [3.63, 3.8) is 0 Å². The zero-order valence-corrected chi connectivity index (χ0v) is 11.2. The lowest BCUT2D eigenvalue weighted by molar-refractivity contribution is 0.171. The molecule has 0 saturated heterocycles. The van der Waals surface area contributed by atoms with E-state index < -0.39 is 0 Å². The van der Waals surface area contributed by atoms with E-state index in [-0.39, 0.29) is 13.4 Å². The summed E-state index contributed by atoms with van der Waals surface area (Å²) < 4.78 is 10.8. The molecule has 4 heteroatoms. The van der Waals surface area contributed by atoms with Crippen LogP contribution in [0, 0.1) is 0 Å². The van der Waals surface area contributed by atoms with Crippen molar-refractivity contribution in [3.05, 3.63) is 54.2 Å². The third kappa shape index (κ3) is 1.92. The zero-order valence-electron chi connectivity index (χ0n) is 11.2. The molecule has 0 unspecified atom stereocenters. The second-order valence-electron chi connectivity index (χ2n) is 4.90. The van der Waals surface area contributed by atoms with Gasteiger partial charge >= 0.3 is 0 Å². The molecule has 1 N–H and O–H groups in total. The van der Waals surface area contributed by atoms with E-state index >= 15 is 0 Å². The molecule has 4 rings (SSSR count). The fourth-order valence-corrected chi connectivity index (χ4v) is 2.66. The molecule has 0 bridgehead atoms. The van der Waals surface area contributed by atoms with E-state index in [2.05, 4.69) is 4.98 Å². The molecule has 0 atom stereocenters. The van der Waals surface area contributed by atoms with Crippen LogP contribution in [0.1, 0.15) is 5.56 Å². The van der Waals surface area contributed by atoms with E-state index in [0.29, 0.717) is 17.1 Å². The predicted molar refractivity (Wildman–Crippen MR) is 79.2 cm³/mol. The maximum atomic E-state index is 9.69. The van der Waals surface area contributed by atoms with Crippen molar-refractivity contribution in [1.29, 1.82) is 0 Å². The first-order valence-corrected chi connectivity index (χ1v) is 6.74. The first-order valence-electron chi connectivity index (χ1n) is 6.74. The zero-order chi connectivity index (χ0) is 14.2. The van der Waals surface area contributed by atoms with Crippen molar-refractivity contribution < 1.29 is 14.6 Å². The Labute approximate surface area is 121 Å². The molecule has 0 radical (unpaired) electrons.